The number of anilines is 1. The average molecular weight is 399 g/mol. The first kappa shape index (κ1) is 20.3. The molecule has 1 aromatic heterocycles. The molecule has 0 aliphatic rings. The maximum Gasteiger partial charge on any atom is 0.263 e. The Kier molecular flexibility index (Phi) is 6.70. The van der Waals surface area contributed by atoms with Gasteiger partial charge in [-0.25, -0.2) is 26.5 Å². The molecule has 10 heteroatoms. The molecule has 1 heterocycles. The van der Waals surface area contributed by atoms with Crippen LogP contribution in [0.2, 0.25) is 0 Å². The Balaban J connectivity index is 2.11. The largest absolute Gasteiger partial charge is 0.396 e. The summed E-state index contributed by atoms with van der Waals surface area (Å²) in [6.07, 6.45) is 2.55. The minimum Gasteiger partial charge on any atom is -0.396 e. The van der Waals surface area contributed by atoms with Gasteiger partial charge in [0, 0.05) is 19.3 Å². The monoisotopic (exact) mass is 399 g/mol. The third kappa shape index (κ3) is 5.49. The quantitative estimate of drug-likeness (QED) is 0.545. The predicted molar refractivity (Wildman–Crippen MR) is 97.7 cm³/mol. The van der Waals surface area contributed by atoms with Gasteiger partial charge in [0.2, 0.25) is 10.0 Å². The lowest BCUT2D eigenvalue weighted by Crippen LogP contribution is -2.25. The molecular formula is C16H21N3O5S2. The zero-order valence-corrected chi connectivity index (χ0v) is 15.8. The Morgan fingerprint density at radius 2 is 1.54 bits per heavy atom. The van der Waals surface area contributed by atoms with Crippen molar-refractivity contribution in [2.75, 3.05) is 17.9 Å². The number of hydrogen-bond acceptors (Lipinski definition) is 6. The van der Waals surface area contributed by atoms with E-state index < -0.39 is 20.0 Å². The number of benzene rings is 1. The summed E-state index contributed by atoms with van der Waals surface area (Å²) in [5.41, 5.74) is 0.897. The number of nitrogens with zero attached hydrogens (tertiary/aromatic N) is 1. The molecule has 2 rings (SSSR count). The van der Waals surface area contributed by atoms with Gasteiger partial charge < -0.3 is 5.11 Å². The molecule has 0 aliphatic heterocycles. The highest BCUT2D eigenvalue weighted by Gasteiger charge is 2.18. The number of hydrogen-bond donors (Lipinski definition) is 3. The van der Waals surface area contributed by atoms with Crippen LogP contribution in [0.3, 0.4) is 0 Å². The van der Waals surface area contributed by atoms with Crippen LogP contribution in [0.15, 0.2) is 52.4 Å². The van der Waals surface area contributed by atoms with Crippen LogP contribution >= 0.6 is 0 Å². The van der Waals surface area contributed by atoms with Crippen LogP contribution in [0.5, 0.6) is 0 Å². The van der Waals surface area contributed by atoms with Crippen LogP contribution in [0, 0.1) is 6.92 Å². The zero-order chi connectivity index (χ0) is 19.2. The van der Waals surface area contributed by atoms with E-state index in [-0.39, 0.29) is 28.8 Å². The van der Waals surface area contributed by atoms with E-state index in [1.54, 1.807) is 12.1 Å². The number of rotatable bonds is 9. The molecule has 0 bridgehead atoms. The first-order valence-corrected chi connectivity index (χ1v) is 10.9. The lowest BCUT2D eigenvalue weighted by molar-refractivity contribution is 0.285. The van der Waals surface area contributed by atoms with Gasteiger partial charge in [0.15, 0.2) is 0 Å². The molecule has 8 nitrogen and oxygen atoms in total. The van der Waals surface area contributed by atoms with Gasteiger partial charge in [-0.1, -0.05) is 6.07 Å². The molecule has 0 saturated heterocycles. The zero-order valence-electron chi connectivity index (χ0n) is 14.2. The molecule has 0 atom stereocenters. The van der Waals surface area contributed by atoms with Crippen molar-refractivity contribution in [2.45, 2.75) is 29.6 Å². The molecule has 142 valence electrons. The molecule has 0 spiro atoms. The topological polar surface area (TPSA) is 125 Å². The summed E-state index contributed by atoms with van der Waals surface area (Å²) in [6, 6.07) is 8.17. The maximum absolute atomic E-state index is 12.4. The highest BCUT2D eigenvalue weighted by atomic mass is 32.2. The molecule has 0 radical (unpaired) electrons. The number of unbranched alkanes of at least 4 members (excludes halogenated alkanes) is 1. The Morgan fingerprint density at radius 3 is 2.08 bits per heavy atom. The fourth-order valence-corrected chi connectivity index (χ4v) is 4.13. The summed E-state index contributed by atoms with van der Waals surface area (Å²) in [5.74, 6) is 0.179. The maximum atomic E-state index is 12.4. The number of aromatic nitrogens is 1. The van der Waals surface area contributed by atoms with Gasteiger partial charge in [-0.05, 0) is 55.7 Å². The van der Waals surface area contributed by atoms with Gasteiger partial charge in [0.1, 0.15) is 5.82 Å². The van der Waals surface area contributed by atoms with Gasteiger partial charge >= 0.3 is 0 Å². The van der Waals surface area contributed by atoms with Crippen molar-refractivity contribution in [3.05, 3.63) is 48.2 Å². The second-order valence-electron chi connectivity index (χ2n) is 5.63. The van der Waals surface area contributed by atoms with Crippen molar-refractivity contribution < 1.29 is 21.9 Å². The van der Waals surface area contributed by atoms with Crippen molar-refractivity contribution in [3.63, 3.8) is 0 Å². The summed E-state index contributed by atoms with van der Waals surface area (Å²) >= 11 is 0. The fourth-order valence-electron chi connectivity index (χ4n) is 2.05. The van der Waals surface area contributed by atoms with E-state index in [1.165, 1.54) is 30.5 Å². The first-order valence-electron chi connectivity index (χ1n) is 7.91. The number of pyridine rings is 1. The van der Waals surface area contributed by atoms with E-state index in [0.29, 0.717) is 12.8 Å². The van der Waals surface area contributed by atoms with Crippen molar-refractivity contribution in [1.82, 2.24) is 9.71 Å². The molecule has 26 heavy (non-hydrogen) atoms. The smallest absolute Gasteiger partial charge is 0.263 e. The number of aryl methyl sites for hydroxylation is 1. The Morgan fingerprint density at radius 1 is 0.923 bits per heavy atom. The second kappa shape index (κ2) is 8.58. The Hall–Kier alpha value is -2.01. The fraction of sp³-hybridized carbons (Fsp3) is 0.312. The van der Waals surface area contributed by atoms with Crippen LogP contribution in [-0.4, -0.2) is 40.1 Å². The summed E-state index contributed by atoms with van der Waals surface area (Å²) < 4.78 is 53.7. The number of aliphatic hydroxyl groups excluding tert-OH is 1. The third-order valence-electron chi connectivity index (χ3n) is 3.47. The van der Waals surface area contributed by atoms with Crippen LogP contribution in [0.1, 0.15) is 18.4 Å². The summed E-state index contributed by atoms with van der Waals surface area (Å²) in [7, 11) is -7.59. The molecule has 0 amide bonds. The summed E-state index contributed by atoms with van der Waals surface area (Å²) in [4.78, 5) is 3.88. The third-order valence-corrected chi connectivity index (χ3v) is 6.32. The Bertz CT molecular complexity index is 925. The molecular weight excluding hydrogens is 378 g/mol. The number of aliphatic hydroxyl groups is 1. The average Bonchev–Trinajstić information content (AvgIpc) is 2.61. The van der Waals surface area contributed by atoms with Crippen LogP contribution in [0.25, 0.3) is 0 Å². The highest BCUT2D eigenvalue weighted by molar-refractivity contribution is 7.92. The van der Waals surface area contributed by atoms with E-state index in [0.717, 1.165) is 5.56 Å². The predicted octanol–water partition coefficient (Wildman–Crippen LogP) is 1.24. The van der Waals surface area contributed by atoms with E-state index >= 15 is 0 Å². The lowest BCUT2D eigenvalue weighted by atomic mass is 10.3. The summed E-state index contributed by atoms with van der Waals surface area (Å²) in [6.45, 7) is 2.03. The van der Waals surface area contributed by atoms with E-state index in [2.05, 4.69) is 14.4 Å². The molecule has 0 fully saturated rings. The molecule has 0 saturated carbocycles. The number of sulfonamides is 2. The molecule has 2 aromatic rings. The van der Waals surface area contributed by atoms with E-state index in [1.807, 2.05) is 6.92 Å². The van der Waals surface area contributed by atoms with E-state index in [9.17, 15) is 16.8 Å². The Labute approximate surface area is 153 Å². The van der Waals surface area contributed by atoms with Crippen molar-refractivity contribution in [2.24, 2.45) is 0 Å². The lowest BCUT2D eigenvalue weighted by Gasteiger charge is -2.09. The van der Waals surface area contributed by atoms with Gasteiger partial charge in [-0.2, -0.15) is 0 Å². The van der Waals surface area contributed by atoms with Crippen molar-refractivity contribution >= 4 is 25.9 Å². The second-order valence-corrected chi connectivity index (χ2v) is 9.08. The standard InChI is InChI=1S/C16H21N3O5S2/c1-13-4-9-16(17-12-13)19-26(23,24)15-7-5-14(6-8-15)25(21,22)18-10-2-3-11-20/h4-9,12,18,20H,2-3,10-11H2,1H3,(H,17,19). The van der Waals surface area contributed by atoms with Crippen LogP contribution in [-0.2, 0) is 20.0 Å². The van der Waals surface area contributed by atoms with Gasteiger partial charge in [0.05, 0.1) is 9.79 Å². The van der Waals surface area contributed by atoms with Crippen molar-refractivity contribution in [3.8, 4) is 0 Å². The number of nitrogens with one attached hydrogen (secondary N) is 2. The van der Waals surface area contributed by atoms with Gasteiger partial charge in [0.25, 0.3) is 10.0 Å². The van der Waals surface area contributed by atoms with Gasteiger partial charge in [-0.3, -0.25) is 4.72 Å². The van der Waals surface area contributed by atoms with Gasteiger partial charge in [-0.15, -0.1) is 0 Å². The molecule has 1 aromatic carbocycles. The minimum absolute atomic E-state index is 0.00285. The minimum atomic E-state index is -3.87. The molecule has 0 aliphatic carbocycles. The normalized spacial score (nSPS) is 12.1. The highest BCUT2D eigenvalue weighted by Crippen LogP contribution is 2.17. The SMILES string of the molecule is Cc1ccc(NS(=O)(=O)c2ccc(S(=O)(=O)NCCCCO)cc2)nc1. The first-order chi connectivity index (χ1) is 12.2. The molecule has 3 N–H and O–H groups in total. The van der Waals surface area contributed by atoms with E-state index in [4.69, 9.17) is 5.11 Å². The summed E-state index contributed by atoms with van der Waals surface area (Å²) in [5, 5.41) is 8.69. The van der Waals surface area contributed by atoms with Crippen LogP contribution < -0.4 is 9.44 Å². The van der Waals surface area contributed by atoms with Crippen molar-refractivity contribution in [1.29, 1.82) is 0 Å². The van der Waals surface area contributed by atoms with Crippen LogP contribution in [0.4, 0.5) is 5.82 Å². The molecule has 0 unspecified atom stereocenters.